The summed E-state index contributed by atoms with van der Waals surface area (Å²) in [5, 5.41) is 4.94. The normalized spacial score (nSPS) is 10.8. The lowest BCUT2D eigenvalue weighted by Crippen LogP contribution is -2.16. The number of hydrogen-bond acceptors (Lipinski definition) is 5. The summed E-state index contributed by atoms with van der Waals surface area (Å²) >= 11 is 1.27. The van der Waals surface area contributed by atoms with Crippen LogP contribution in [0.2, 0.25) is 0 Å². The highest BCUT2D eigenvalue weighted by atomic mass is 32.1. The third kappa shape index (κ3) is 3.60. The molecular formula is C19H16N6O3S. The van der Waals surface area contributed by atoms with E-state index in [1.54, 1.807) is 48.1 Å². The zero-order chi connectivity index (χ0) is 20.5. The number of carbonyl (C=O) groups is 2. The number of aromatic amines is 2. The van der Waals surface area contributed by atoms with Crippen LogP contribution >= 0.6 is 11.3 Å². The summed E-state index contributed by atoms with van der Waals surface area (Å²) in [6.07, 6.45) is 3.25. The summed E-state index contributed by atoms with van der Waals surface area (Å²) in [6.45, 7) is 1.81. The summed E-state index contributed by atoms with van der Waals surface area (Å²) < 4.78 is 1.52. The molecule has 146 valence electrons. The molecule has 0 radical (unpaired) electrons. The smallest absolute Gasteiger partial charge is 0.330 e. The van der Waals surface area contributed by atoms with Gasteiger partial charge in [0.25, 0.3) is 11.8 Å². The Labute approximate surface area is 168 Å². The molecule has 0 unspecified atom stereocenters. The summed E-state index contributed by atoms with van der Waals surface area (Å²) in [7, 11) is 0. The molecule has 4 rings (SSSR count). The SMILES string of the molecule is Cc1c[nH]c(=O)n1-c1ccc(C(=O)Nc2nc(-c3c[nH]c(C(N)=O)c3)cs2)cc1. The molecule has 5 N–H and O–H groups in total. The van der Waals surface area contributed by atoms with Gasteiger partial charge >= 0.3 is 5.69 Å². The van der Waals surface area contributed by atoms with Gasteiger partial charge in [-0.15, -0.1) is 11.3 Å². The number of aromatic nitrogens is 4. The number of primary amides is 1. The van der Waals surface area contributed by atoms with E-state index in [2.05, 4.69) is 20.3 Å². The van der Waals surface area contributed by atoms with Gasteiger partial charge in [-0.1, -0.05) is 0 Å². The van der Waals surface area contributed by atoms with Crippen LogP contribution in [0.1, 0.15) is 26.5 Å². The van der Waals surface area contributed by atoms with Gasteiger partial charge in [-0.2, -0.15) is 0 Å². The first-order valence-electron chi connectivity index (χ1n) is 8.55. The van der Waals surface area contributed by atoms with Crippen molar-refractivity contribution in [2.24, 2.45) is 5.73 Å². The first-order valence-corrected chi connectivity index (χ1v) is 9.43. The van der Waals surface area contributed by atoms with E-state index in [0.29, 0.717) is 27.6 Å². The Balaban J connectivity index is 1.49. The maximum Gasteiger partial charge on any atom is 0.330 e. The van der Waals surface area contributed by atoms with Crippen LogP contribution in [0.25, 0.3) is 16.9 Å². The summed E-state index contributed by atoms with van der Waals surface area (Å²) in [6, 6.07) is 8.30. The zero-order valence-corrected chi connectivity index (χ0v) is 16.0. The summed E-state index contributed by atoms with van der Waals surface area (Å²) in [5.41, 5.74) is 8.47. The van der Waals surface area contributed by atoms with Gasteiger partial charge in [-0.3, -0.25) is 19.5 Å². The van der Waals surface area contributed by atoms with Crippen molar-refractivity contribution >= 4 is 28.3 Å². The standard InChI is InChI=1S/C19H16N6O3S/c1-10-7-22-19(28)25(10)13-4-2-11(3-5-13)17(27)24-18-23-15(9-29-18)12-6-14(16(20)26)21-8-12/h2-9,21H,1H3,(H2,20,26)(H,22,28)(H,23,24,27). The maximum atomic E-state index is 12.5. The van der Waals surface area contributed by atoms with Gasteiger partial charge in [-0.05, 0) is 37.3 Å². The molecule has 4 aromatic rings. The van der Waals surface area contributed by atoms with Crippen molar-refractivity contribution in [3.05, 3.63) is 75.5 Å². The summed E-state index contributed by atoms with van der Waals surface area (Å²) in [5.74, 6) is -0.872. The number of hydrogen-bond donors (Lipinski definition) is 4. The minimum Gasteiger partial charge on any atom is -0.364 e. The number of nitrogens with one attached hydrogen (secondary N) is 3. The topological polar surface area (TPSA) is 139 Å². The largest absolute Gasteiger partial charge is 0.364 e. The van der Waals surface area contributed by atoms with Crippen LogP contribution in [-0.2, 0) is 0 Å². The number of benzene rings is 1. The van der Waals surface area contributed by atoms with Gasteiger partial charge in [0.15, 0.2) is 5.13 Å². The highest BCUT2D eigenvalue weighted by Gasteiger charge is 2.13. The molecule has 1 aromatic carbocycles. The second kappa shape index (κ2) is 7.24. The van der Waals surface area contributed by atoms with Gasteiger partial charge in [0.05, 0.1) is 11.4 Å². The molecule has 2 amide bonds. The average Bonchev–Trinajstić information content (AvgIpc) is 3.42. The molecule has 3 heterocycles. The highest BCUT2D eigenvalue weighted by molar-refractivity contribution is 7.14. The number of nitrogens with two attached hydrogens (primary N) is 1. The quantitative estimate of drug-likeness (QED) is 0.402. The van der Waals surface area contributed by atoms with Gasteiger partial charge in [-0.25, -0.2) is 9.78 Å². The lowest BCUT2D eigenvalue weighted by molar-refractivity contribution is 0.0994. The van der Waals surface area contributed by atoms with E-state index in [1.807, 2.05) is 6.92 Å². The Morgan fingerprint density at radius 3 is 2.55 bits per heavy atom. The van der Waals surface area contributed by atoms with E-state index in [9.17, 15) is 14.4 Å². The summed E-state index contributed by atoms with van der Waals surface area (Å²) in [4.78, 5) is 45.3. The van der Waals surface area contributed by atoms with Crippen LogP contribution in [0, 0.1) is 6.92 Å². The number of imidazole rings is 1. The van der Waals surface area contributed by atoms with E-state index >= 15 is 0 Å². The number of aryl methyl sites for hydroxylation is 1. The van der Waals surface area contributed by atoms with Crippen LogP contribution in [0.5, 0.6) is 0 Å². The Morgan fingerprint density at radius 1 is 1.17 bits per heavy atom. The number of H-pyrrole nitrogens is 2. The van der Waals surface area contributed by atoms with E-state index < -0.39 is 5.91 Å². The molecule has 0 atom stereocenters. The van der Waals surface area contributed by atoms with Crippen LogP contribution in [0.3, 0.4) is 0 Å². The predicted molar refractivity (Wildman–Crippen MR) is 109 cm³/mol. The van der Waals surface area contributed by atoms with Crippen molar-refractivity contribution in [3.63, 3.8) is 0 Å². The second-order valence-electron chi connectivity index (χ2n) is 6.28. The fourth-order valence-corrected chi connectivity index (χ4v) is 3.57. The molecule has 3 aromatic heterocycles. The van der Waals surface area contributed by atoms with Crippen molar-refractivity contribution in [2.45, 2.75) is 6.92 Å². The zero-order valence-electron chi connectivity index (χ0n) is 15.2. The third-order valence-corrected chi connectivity index (χ3v) is 5.07. The van der Waals surface area contributed by atoms with Crippen LogP contribution in [0.15, 0.2) is 52.9 Å². The predicted octanol–water partition coefficient (Wildman–Crippen LogP) is 2.28. The van der Waals surface area contributed by atoms with Crippen LogP contribution in [-0.4, -0.2) is 31.3 Å². The first-order chi connectivity index (χ1) is 13.9. The molecule has 0 saturated carbocycles. The number of amides is 2. The lowest BCUT2D eigenvalue weighted by Gasteiger charge is -2.06. The molecule has 0 aliphatic rings. The maximum absolute atomic E-state index is 12.5. The molecule has 0 aliphatic carbocycles. The number of carbonyl (C=O) groups excluding carboxylic acids is 2. The van der Waals surface area contributed by atoms with Gasteiger partial charge in [0, 0.05) is 34.6 Å². The van der Waals surface area contributed by atoms with E-state index in [4.69, 9.17) is 5.73 Å². The number of anilines is 1. The Kier molecular flexibility index (Phi) is 4.61. The Morgan fingerprint density at radius 2 is 1.93 bits per heavy atom. The fourth-order valence-electron chi connectivity index (χ4n) is 2.86. The molecule has 9 nitrogen and oxygen atoms in total. The first kappa shape index (κ1) is 18.4. The Bertz CT molecular complexity index is 1260. The van der Waals surface area contributed by atoms with Gasteiger partial charge in [0.1, 0.15) is 5.69 Å². The molecule has 29 heavy (non-hydrogen) atoms. The van der Waals surface area contributed by atoms with Crippen molar-refractivity contribution in [1.82, 2.24) is 19.5 Å². The van der Waals surface area contributed by atoms with Crippen molar-refractivity contribution < 1.29 is 9.59 Å². The third-order valence-electron chi connectivity index (χ3n) is 4.32. The molecule has 0 spiro atoms. The second-order valence-corrected chi connectivity index (χ2v) is 7.13. The van der Waals surface area contributed by atoms with Crippen LogP contribution < -0.4 is 16.7 Å². The van der Waals surface area contributed by atoms with Gasteiger partial charge < -0.3 is 15.7 Å². The van der Waals surface area contributed by atoms with Crippen molar-refractivity contribution in [2.75, 3.05) is 5.32 Å². The highest BCUT2D eigenvalue weighted by Crippen LogP contribution is 2.26. The number of rotatable bonds is 5. The molecule has 0 saturated heterocycles. The fraction of sp³-hybridized carbons (Fsp3) is 0.0526. The molecule has 0 bridgehead atoms. The molecule has 0 fully saturated rings. The molecular weight excluding hydrogens is 392 g/mol. The Hall–Kier alpha value is -3.92. The average molecular weight is 408 g/mol. The minimum atomic E-state index is -0.555. The minimum absolute atomic E-state index is 0.237. The van der Waals surface area contributed by atoms with Gasteiger partial charge in [0.2, 0.25) is 0 Å². The van der Waals surface area contributed by atoms with Crippen LogP contribution in [0.4, 0.5) is 5.13 Å². The van der Waals surface area contributed by atoms with Crippen molar-refractivity contribution in [1.29, 1.82) is 0 Å². The molecule has 0 aliphatic heterocycles. The van der Waals surface area contributed by atoms with E-state index in [1.165, 1.54) is 15.9 Å². The number of nitrogens with zero attached hydrogens (tertiary/aromatic N) is 2. The number of thiazole rings is 1. The van der Waals surface area contributed by atoms with E-state index in [0.717, 1.165) is 5.69 Å². The monoisotopic (exact) mass is 408 g/mol. The lowest BCUT2D eigenvalue weighted by atomic mass is 10.2. The van der Waals surface area contributed by atoms with E-state index in [-0.39, 0.29) is 17.3 Å². The molecule has 10 heteroatoms. The van der Waals surface area contributed by atoms with Crippen molar-refractivity contribution in [3.8, 4) is 16.9 Å².